The van der Waals surface area contributed by atoms with Crippen molar-refractivity contribution in [3.63, 3.8) is 0 Å². The fraction of sp³-hybridized carbons (Fsp3) is 0.931. The largest absolute Gasteiger partial charge is 0.463 e. The molecule has 9 atom stereocenters. The Morgan fingerprint density at radius 3 is 2.38 bits per heavy atom. The van der Waals surface area contributed by atoms with Crippen molar-refractivity contribution in [1.82, 2.24) is 0 Å². The third-order valence-electron chi connectivity index (χ3n) is 11.0. The van der Waals surface area contributed by atoms with Crippen LogP contribution in [-0.4, -0.2) is 17.9 Å². The number of hydrogen-bond donors (Lipinski definition) is 0. The summed E-state index contributed by atoms with van der Waals surface area (Å²) < 4.78 is 5.58. The maximum absolute atomic E-state index is 13.7. The first-order valence-corrected chi connectivity index (χ1v) is 13.8. The molecule has 0 aromatic carbocycles. The molecule has 4 aliphatic rings. The lowest BCUT2D eigenvalue weighted by Gasteiger charge is -2.60. The predicted octanol–water partition coefficient (Wildman–Crippen LogP) is 7.22. The molecule has 7 unspecified atom stereocenters. The Kier molecular flexibility index (Phi) is 6.87. The van der Waals surface area contributed by atoms with Gasteiger partial charge in [0.2, 0.25) is 0 Å². The normalized spacial score (nSPS) is 44.5. The second kappa shape index (κ2) is 9.06. The summed E-state index contributed by atoms with van der Waals surface area (Å²) in [4.78, 5) is 25.2. The minimum absolute atomic E-state index is 0.0198. The van der Waals surface area contributed by atoms with E-state index in [0.717, 1.165) is 43.4 Å². The first-order valence-electron chi connectivity index (χ1n) is 13.8. The number of ketones is 1. The highest BCUT2D eigenvalue weighted by Crippen LogP contribution is 2.67. The summed E-state index contributed by atoms with van der Waals surface area (Å²) >= 11 is 0. The highest BCUT2D eigenvalue weighted by molar-refractivity contribution is 5.83. The average Bonchev–Trinajstić information content (AvgIpc) is 3.05. The van der Waals surface area contributed by atoms with Gasteiger partial charge in [0.05, 0.1) is 0 Å². The SMILES string of the molecule is CC(=O)OC1CCC2(C)C3CCC4(C)C(CCC4[C@H](C)CCCC(C)C)C3C(=O)C[C@H]2C1. The van der Waals surface area contributed by atoms with Gasteiger partial charge >= 0.3 is 5.97 Å². The van der Waals surface area contributed by atoms with Crippen LogP contribution in [0.5, 0.6) is 0 Å². The van der Waals surface area contributed by atoms with E-state index in [4.69, 9.17) is 4.74 Å². The molecule has 4 aliphatic carbocycles. The molecule has 0 aromatic heterocycles. The van der Waals surface area contributed by atoms with Gasteiger partial charge in [-0.05, 0) is 91.3 Å². The molecule has 0 aromatic rings. The van der Waals surface area contributed by atoms with Gasteiger partial charge in [-0.15, -0.1) is 0 Å². The Balaban J connectivity index is 1.48. The molecule has 3 heteroatoms. The standard InChI is InChI=1S/C29H48O3/c1-18(2)8-7-9-19(3)23-10-11-24-27-25(13-15-29(23,24)6)28(5)14-12-22(32-20(4)30)16-21(28)17-26(27)31/h18-19,21-25,27H,7-17H2,1-6H3/t19-,21-,22?,23?,24?,25?,27?,28?,29?/m1/s1. The molecular weight excluding hydrogens is 396 g/mol. The van der Waals surface area contributed by atoms with Gasteiger partial charge in [0, 0.05) is 19.3 Å². The van der Waals surface area contributed by atoms with E-state index in [9.17, 15) is 9.59 Å². The Hall–Kier alpha value is -0.860. The van der Waals surface area contributed by atoms with Crippen LogP contribution in [0.1, 0.15) is 112 Å². The number of ether oxygens (including phenoxy) is 1. The second-order valence-electron chi connectivity index (χ2n) is 13.1. The molecule has 182 valence electrons. The Morgan fingerprint density at radius 1 is 1.00 bits per heavy atom. The molecule has 3 nitrogen and oxygen atoms in total. The minimum atomic E-state index is -0.174. The summed E-state index contributed by atoms with van der Waals surface area (Å²) in [6.07, 6.45) is 12.9. The Bertz CT molecular complexity index is 713. The van der Waals surface area contributed by atoms with Gasteiger partial charge in [0.1, 0.15) is 11.9 Å². The third kappa shape index (κ3) is 4.20. The zero-order valence-corrected chi connectivity index (χ0v) is 21.6. The van der Waals surface area contributed by atoms with Gasteiger partial charge in [0.15, 0.2) is 0 Å². The maximum Gasteiger partial charge on any atom is 0.302 e. The van der Waals surface area contributed by atoms with Crippen LogP contribution in [0.25, 0.3) is 0 Å². The minimum Gasteiger partial charge on any atom is -0.463 e. The highest BCUT2D eigenvalue weighted by atomic mass is 16.5. The van der Waals surface area contributed by atoms with Crippen molar-refractivity contribution in [3.05, 3.63) is 0 Å². The number of fused-ring (bicyclic) bond motifs is 5. The summed E-state index contributed by atoms with van der Waals surface area (Å²) in [6.45, 7) is 13.7. The van der Waals surface area contributed by atoms with Crippen LogP contribution < -0.4 is 0 Å². The summed E-state index contributed by atoms with van der Waals surface area (Å²) in [5.74, 6) is 4.56. The van der Waals surface area contributed by atoms with E-state index in [2.05, 4.69) is 34.6 Å². The van der Waals surface area contributed by atoms with Crippen LogP contribution in [0.15, 0.2) is 0 Å². The molecule has 0 saturated heterocycles. The smallest absolute Gasteiger partial charge is 0.302 e. The summed E-state index contributed by atoms with van der Waals surface area (Å²) in [5.41, 5.74) is 0.601. The van der Waals surface area contributed by atoms with Crippen LogP contribution in [0.4, 0.5) is 0 Å². The molecule has 32 heavy (non-hydrogen) atoms. The lowest BCUT2D eigenvalue weighted by molar-refractivity contribution is -0.168. The monoisotopic (exact) mass is 444 g/mol. The molecule has 4 fully saturated rings. The fourth-order valence-electron chi connectivity index (χ4n) is 9.26. The van der Waals surface area contributed by atoms with E-state index < -0.39 is 0 Å². The summed E-state index contributed by atoms with van der Waals surface area (Å²) in [7, 11) is 0. The molecule has 0 heterocycles. The van der Waals surface area contributed by atoms with Gasteiger partial charge in [-0.1, -0.05) is 53.9 Å². The van der Waals surface area contributed by atoms with Crippen molar-refractivity contribution < 1.29 is 14.3 Å². The molecule has 0 aliphatic heterocycles. The quantitative estimate of drug-likeness (QED) is 0.406. The molecular formula is C29H48O3. The number of carbonyl (C=O) groups excluding carboxylic acids is 2. The van der Waals surface area contributed by atoms with Gasteiger partial charge < -0.3 is 4.74 Å². The van der Waals surface area contributed by atoms with Crippen molar-refractivity contribution in [2.75, 3.05) is 0 Å². The molecule has 4 rings (SSSR count). The number of rotatable bonds is 6. The van der Waals surface area contributed by atoms with E-state index in [1.807, 2.05) is 0 Å². The van der Waals surface area contributed by atoms with Gasteiger partial charge in [0.25, 0.3) is 0 Å². The van der Waals surface area contributed by atoms with Crippen LogP contribution in [0.3, 0.4) is 0 Å². The molecule has 0 spiro atoms. The van der Waals surface area contributed by atoms with Gasteiger partial charge in [-0.2, -0.15) is 0 Å². The highest BCUT2D eigenvalue weighted by Gasteiger charge is 2.63. The van der Waals surface area contributed by atoms with Crippen LogP contribution >= 0.6 is 0 Å². The predicted molar refractivity (Wildman–Crippen MR) is 129 cm³/mol. The fourth-order valence-corrected chi connectivity index (χ4v) is 9.26. The lowest BCUT2D eigenvalue weighted by atomic mass is 9.44. The van der Waals surface area contributed by atoms with Gasteiger partial charge in [-0.3, -0.25) is 9.59 Å². The van der Waals surface area contributed by atoms with Crippen molar-refractivity contribution in [3.8, 4) is 0 Å². The number of hydrogen-bond acceptors (Lipinski definition) is 3. The number of Topliss-reactive ketones (excluding diaryl/α,β-unsaturated/α-hetero) is 1. The van der Waals surface area contributed by atoms with Crippen molar-refractivity contribution in [1.29, 1.82) is 0 Å². The zero-order chi connectivity index (χ0) is 23.3. The van der Waals surface area contributed by atoms with E-state index in [1.165, 1.54) is 51.9 Å². The van der Waals surface area contributed by atoms with Crippen LogP contribution in [0, 0.1) is 52.3 Å². The number of carbonyl (C=O) groups is 2. The number of esters is 1. The van der Waals surface area contributed by atoms with E-state index in [0.29, 0.717) is 29.0 Å². The average molecular weight is 445 g/mol. The van der Waals surface area contributed by atoms with Crippen LogP contribution in [-0.2, 0) is 14.3 Å². The molecule has 4 saturated carbocycles. The molecule has 0 bridgehead atoms. The Morgan fingerprint density at radius 2 is 1.69 bits per heavy atom. The van der Waals surface area contributed by atoms with Crippen LogP contribution in [0.2, 0.25) is 0 Å². The van der Waals surface area contributed by atoms with Crippen molar-refractivity contribution >= 4 is 11.8 Å². The first kappa shape index (κ1) is 24.3. The van der Waals surface area contributed by atoms with E-state index in [-0.39, 0.29) is 23.4 Å². The zero-order valence-electron chi connectivity index (χ0n) is 21.6. The maximum atomic E-state index is 13.7. The molecule has 0 N–H and O–H groups in total. The summed E-state index contributed by atoms with van der Waals surface area (Å²) in [6, 6.07) is 0. The second-order valence-corrected chi connectivity index (χ2v) is 13.1. The van der Waals surface area contributed by atoms with Crippen molar-refractivity contribution in [2.24, 2.45) is 52.3 Å². The molecule has 0 radical (unpaired) electrons. The van der Waals surface area contributed by atoms with E-state index >= 15 is 0 Å². The third-order valence-corrected chi connectivity index (χ3v) is 11.0. The van der Waals surface area contributed by atoms with Gasteiger partial charge in [-0.25, -0.2) is 0 Å². The van der Waals surface area contributed by atoms with Crippen molar-refractivity contribution in [2.45, 2.75) is 118 Å². The van der Waals surface area contributed by atoms with E-state index in [1.54, 1.807) is 0 Å². The topological polar surface area (TPSA) is 43.4 Å². The Labute approximate surface area is 196 Å². The summed E-state index contributed by atoms with van der Waals surface area (Å²) in [5, 5.41) is 0. The lowest BCUT2D eigenvalue weighted by Crippen LogP contribution is -2.57. The molecule has 0 amide bonds. The first-order chi connectivity index (χ1) is 15.1.